The van der Waals surface area contributed by atoms with E-state index in [2.05, 4.69) is 36.0 Å². The normalized spacial score (nSPS) is 14.7. The summed E-state index contributed by atoms with van der Waals surface area (Å²) in [6.07, 6.45) is 1.81. The van der Waals surface area contributed by atoms with Gasteiger partial charge in [-0.15, -0.1) is 0 Å². The Morgan fingerprint density at radius 1 is 1.07 bits per heavy atom. The van der Waals surface area contributed by atoms with Crippen LogP contribution in [0.4, 0.5) is 5.82 Å². The van der Waals surface area contributed by atoms with E-state index in [1.807, 2.05) is 54.7 Å². The summed E-state index contributed by atoms with van der Waals surface area (Å²) in [7, 11) is 0. The lowest BCUT2D eigenvalue weighted by atomic mass is 10.2. The highest BCUT2D eigenvalue weighted by atomic mass is 79.9. The van der Waals surface area contributed by atoms with Crippen molar-refractivity contribution < 1.29 is 9.21 Å². The van der Waals surface area contributed by atoms with Crippen LogP contribution >= 0.6 is 27.5 Å². The van der Waals surface area contributed by atoms with Crippen LogP contribution in [-0.2, 0) is 11.3 Å². The van der Waals surface area contributed by atoms with Gasteiger partial charge in [0.25, 0.3) is 0 Å². The predicted molar refractivity (Wildman–Crippen MR) is 122 cm³/mol. The lowest BCUT2D eigenvalue weighted by Gasteiger charge is -2.34. The zero-order valence-electron chi connectivity index (χ0n) is 16.4. The Bertz CT molecular complexity index is 983. The fourth-order valence-corrected chi connectivity index (χ4v) is 3.74. The number of nitrogens with zero attached hydrogens (tertiary/aromatic N) is 3. The minimum Gasteiger partial charge on any atom is -0.459 e. The lowest BCUT2D eigenvalue weighted by molar-refractivity contribution is -0.122. The number of hydrogen-bond acceptors (Lipinski definition) is 5. The van der Waals surface area contributed by atoms with Crippen LogP contribution in [0.2, 0.25) is 5.02 Å². The van der Waals surface area contributed by atoms with Gasteiger partial charge in [0.15, 0.2) is 0 Å². The van der Waals surface area contributed by atoms with Gasteiger partial charge in [0.2, 0.25) is 5.91 Å². The zero-order valence-corrected chi connectivity index (χ0v) is 18.7. The molecule has 0 unspecified atom stereocenters. The molecule has 0 radical (unpaired) electrons. The molecular formula is C22H22BrClN4O2. The summed E-state index contributed by atoms with van der Waals surface area (Å²) in [5, 5.41) is 3.63. The van der Waals surface area contributed by atoms with Crippen molar-refractivity contribution in [3.8, 4) is 11.3 Å². The highest BCUT2D eigenvalue weighted by Gasteiger charge is 2.20. The molecular weight excluding hydrogens is 468 g/mol. The summed E-state index contributed by atoms with van der Waals surface area (Å²) in [4.78, 5) is 21.2. The standard InChI is InChI=1S/C22H22BrClN4O2/c23-17-3-8-21(25-13-17)28-11-9-27(10-12-28)15-22(29)26-14-19-6-7-20(30-19)16-1-4-18(24)5-2-16/h1-8,13H,9-12,14-15H2,(H,26,29). The molecule has 0 spiro atoms. The van der Waals surface area contributed by atoms with E-state index >= 15 is 0 Å². The Balaban J connectivity index is 1.22. The van der Waals surface area contributed by atoms with Crippen molar-refractivity contribution in [1.82, 2.24) is 15.2 Å². The summed E-state index contributed by atoms with van der Waals surface area (Å²) in [5.41, 5.74) is 0.954. The molecule has 156 valence electrons. The average molecular weight is 490 g/mol. The molecule has 1 amide bonds. The summed E-state index contributed by atoms with van der Waals surface area (Å²) in [6, 6.07) is 15.3. The molecule has 0 saturated carbocycles. The average Bonchev–Trinajstić information content (AvgIpc) is 3.23. The summed E-state index contributed by atoms with van der Waals surface area (Å²) < 4.78 is 6.80. The molecule has 6 nitrogen and oxygen atoms in total. The predicted octanol–water partition coefficient (Wildman–Crippen LogP) is 4.20. The Morgan fingerprint density at radius 2 is 1.83 bits per heavy atom. The number of rotatable bonds is 6. The molecule has 0 aliphatic carbocycles. The first-order chi connectivity index (χ1) is 14.6. The maximum atomic E-state index is 12.3. The van der Waals surface area contributed by atoms with E-state index in [9.17, 15) is 4.79 Å². The van der Waals surface area contributed by atoms with Crippen molar-refractivity contribution in [1.29, 1.82) is 0 Å². The molecule has 2 aromatic heterocycles. The summed E-state index contributed by atoms with van der Waals surface area (Å²) >= 11 is 9.33. The fraction of sp³-hybridized carbons (Fsp3) is 0.273. The van der Waals surface area contributed by atoms with Crippen molar-refractivity contribution in [2.45, 2.75) is 6.54 Å². The van der Waals surface area contributed by atoms with Crippen molar-refractivity contribution in [3.05, 3.63) is 70.0 Å². The van der Waals surface area contributed by atoms with E-state index in [-0.39, 0.29) is 5.91 Å². The van der Waals surface area contributed by atoms with Crippen LogP contribution in [0.15, 0.2) is 63.6 Å². The van der Waals surface area contributed by atoms with Gasteiger partial charge in [-0.3, -0.25) is 9.69 Å². The van der Waals surface area contributed by atoms with Gasteiger partial charge in [-0.05, 0) is 64.5 Å². The van der Waals surface area contributed by atoms with Crippen molar-refractivity contribution in [2.75, 3.05) is 37.6 Å². The number of aromatic nitrogens is 1. The number of furan rings is 1. The molecule has 3 heterocycles. The third-order valence-electron chi connectivity index (χ3n) is 5.03. The van der Waals surface area contributed by atoms with Gasteiger partial charge in [-0.2, -0.15) is 0 Å². The molecule has 0 atom stereocenters. The number of amides is 1. The van der Waals surface area contributed by atoms with Gasteiger partial charge in [-0.25, -0.2) is 4.98 Å². The van der Waals surface area contributed by atoms with Gasteiger partial charge in [0.1, 0.15) is 17.3 Å². The van der Waals surface area contributed by atoms with Gasteiger partial charge in [-0.1, -0.05) is 11.6 Å². The largest absolute Gasteiger partial charge is 0.459 e. The van der Waals surface area contributed by atoms with E-state index in [1.165, 1.54) is 0 Å². The first-order valence-corrected chi connectivity index (χ1v) is 10.9. The monoisotopic (exact) mass is 488 g/mol. The first-order valence-electron chi connectivity index (χ1n) is 9.77. The number of benzene rings is 1. The van der Waals surface area contributed by atoms with Gasteiger partial charge in [0, 0.05) is 47.4 Å². The maximum Gasteiger partial charge on any atom is 0.234 e. The molecule has 1 saturated heterocycles. The van der Waals surface area contributed by atoms with E-state index in [4.69, 9.17) is 16.0 Å². The molecule has 0 bridgehead atoms. The van der Waals surface area contributed by atoms with Gasteiger partial charge >= 0.3 is 0 Å². The van der Waals surface area contributed by atoms with Crippen molar-refractivity contribution >= 4 is 39.3 Å². The van der Waals surface area contributed by atoms with Crippen LogP contribution in [-0.4, -0.2) is 48.5 Å². The molecule has 3 aromatic rings. The number of piperazine rings is 1. The Morgan fingerprint density at radius 3 is 2.53 bits per heavy atom. The van der Waals surface area contributed by atoms with E-state index < -0.39 is 0 Å². The second-order valence-corrected chi connectivity index (χ2v) is 8.50. The Hall–Kier alpha value is -2.35. The topological polar surface area (TPSA) is 61.6 Å². The molecule has 1 fully saturated rings. The van der Waals surface area contributed by atoms with Crippen LogP contribution in [0.25, 0.3) is 11.3 Å². The zero-order chi connectivity index (χ0) is 20.9. The molecule has 30 heavy (non-hydrogen) atoms. The molecule has 1 aliphatic rings. The van der Waals surface area contributed by atoms with Gasteiger partial charge in [0.05, 0.1) is 13.1 Å². The number of pyridine rings is 1. The molecule has 4 rings (SSSR count). The number of carbonyl (C=O) groups excluding carboxylic acids is 1. The van der Waals surface area contributed by atoms with Crippen LogP contribution in [0.3, 0.4) is 0 Å². The SMILES string of the molecule is O=C(CN1CCN(c2ccc(Br)cn2)CC1)NCc1ccc(-c2ccc(Cl)cc2)o1. The molecule has 1 aromatic carbocycles. The second-order valence-electron chi connectivity index (χ2n) is 7.15. The van der Waals surface area contributed by atoms with Crippen LogP contribution in [0.1, 0.15) is 5.76 Å². The van der Waals surface area contributed by atoms with Crippen molar-refractivity contribution in [3.63, 3.8) is 0 Å². The number of carbonyl (C=O) groups is 1. The number of anilines is 1. The number of hydrogen-bond donors (Lipinski definition) is 1. The second kappa shape index (κ2) is 9.64. The third kappa shape index (κ3) is 5.41. The van der Waals surface area contributed by atoms with Crippen LogP contribution in [0, 0.1) is 0 Å². The first kappa shape index (κ1) is 20.9. The summed E-state index contributed by atoms with van der Waals surface area (Å²) in [5.74, 6) is 2.44. The maximum absolute atomic E-state index is 12.3. The highest BCUT2D eigenvalue weighted by Crippen LogP contribution is 2.23. The lowest BCUT2D eigenvalue weighted by Crippen LogP contribution is -2.49. The minimum atomic E-state index is -0.00494. The van der Waals surface area contributed by atoms with E-state index in [1.54, 1.807) is 0 Å². The smallest absolute Gasteiger partial charge is 0.234 e. The highest BCUT2D eigenvalue weighted by molar-refractivity contribution is 9.10. The fourth-order valence-electron chi connectivity index (χ4n) is 3.38. The van der Waals surface area contributed by atoms with Crippen LogP contribution < -0.4 is 10.2 Å². The Kier molecular flexibility index (Phi) is 6.72. The van der Waals surface area contributed by atoms with Crippen molar-refractivity contribution in [2.24, 2.45) is 0 Å². The Labute approximate surface area is 189 Å². The third-order valence-corrected chi connectivity index (χ3v) is 5.75. The van der Waals surface area contributed by atoms with Gasteiger partial charge < -0.3 is 14.6 Å². The van der Waals surface area contributed by atoms with Crippen LogP contribution in [0.5, 0.6) is 0 Å². The molecule has 8 heteroatoms. The number of halogens is 2. The quantitative estimate of drug-likeness (QED) is 0.562. The number of nitrogens with one attached hydrogen (secondary N) is 1. The van der Waals surface area contributed by atoms with E-state index in [0.717, 1.165) is 53.6 Å². The summed E-state index contributed by atoms with van der Waals surface area (Å²) in [6.45, 7) is 4.11. The van der Waals surface area contributed by atoms with E-state index in [0.29, 0.717) is 18.1 Å². The molecule has 1 N–H and O–H groups in total. The molecule has 1 aliphatic heterocycles. The minimum absolute atomic E-state index is 0.00494.